The summed E-state index contributed by atoms with van der Waals surface area (Å²) in [6.45, 7) is 0. The standard InChI is InChI=1S/C16H25N3O.ClH/c1-2-4-12(5-3-1)16-18-15(20-19-16)10-11-8-13-6-7-14(9-11)17-13;/h11-14,17H,1-10H2;1H. The predicted octanol–water partition coefficient (Wildman–Crippen LogP) is 3.61. The van der Waals surface area contributed by atoms with Crippen LogP contribution in [0.25, 0.3) is 0 Å². The first kappa shape index (κ1) is 15.3. The van der Waals surface area contributed by atoms with Crippen molar-refractivity contribution in [2.24, 2.45) is 5.92 Å². The normalized spacial score (nSPS) is 32.9. The second-order valence-corrected chi connectivity index (χ2v) is 7.06. The quantitative estimate of drug-likeness (QED) is 0.926. The molecule has 0 spiro atoms. The van der Waals surface area contributed by atoms with Crippen molar-refractivity contribution in [1.29, 1.82) is 0 Å². The summed E-state index contributed by atoms with van der Waals surface area (Å²) in [5.74, 6) is 3.17. The van der Waals surface area contributed by atoms with Crippen LogP contribution in [0.5, 0.6) is 0 Å². The van der Waals surface area contributed by atoms with Crippen LogP contribution in [0.3, 0.4) is 0 Å². The Balaban J connectivity index is 0.00000132. The molecule has 1 N–H and O–H groups in total. The summed E-state index contributed by atoms with van der Waals surface area (Å²) >= 11 is 0. The fourth-order valence-electron chi connectivity index (χ4n) is 4.47. The molecule has 2 bridgehead atoms. The lowest BCUT2D eigenvalue weighted by atomic mass is 9.88. The summed E-state index contributed by atoms with van der Waals surface area (Å²) in [6, 6.07) is 1.50. The fraction of sp³-hybridized carbons (Fsp3) is 0.875. The summed E-state index contributed by atoms with van der Waals surface area (Å²) < 4.78 is 5.53. The Morgan fingerprint density at radius 3 is 2.43 bits per heavy atom. The Hall–Kier alpha value is -0.610. The monoisotopic (exact) mass is 311 g/mol. The molecule has 2 aliphatic heterocycles. The van der Waals surface area contributed by atoms with Crippen LogP contribution in [0.1, 0.15) is 75.4 Å². The Morgan fingerprint density at radius 1 is 1.00 bits per heavy atom. The Bertz CT molecular complexity index is 446. The van der Waals surface area contributed by atoms with Gasteiger partial charge in [-0.15, -0.1) is 12.4 Å². The molecule has 2 atom stereocenters. The van der Waals surface area contributed by atoms with E-state index >= 15 is 0 Å². The van der Waals surface area contributed by atoms with Gasteiger partial charge in [0.1, 0.15) is 0 Å². The lowest BCUT2D eigenvalue weighted by Gasteiger charge is -2.28. The highest BCUT2D eigenvalue weighted by molar-refractivity contribution is 5.85. The lowest BCUT2D eigenvalue weighted by Crippen LogP contribution is -2.38. The SMILES string of the molecule is C1CCC(c2noc(CC3CC4CCC(C3)N4)n2)CC1.Cl. The van der Waals surface area contributed by atoms with Gasteiger partial charge in [-0.05, 0) is 44.4 Å². The van der Waals surface area contributed by atoms with Gasteiger partial charge in [-0.2, -0.15) is 4.98 Å². The number of halogens is 1. The number of rotatable bonds is 3. The molecule has 1 aromatic heterocycles. The van der Waals surface area contributed by atoms with Gasteiger partial charge in [0.05, 0.1) is 0 Å². The maximum absolute atomic E-state index is 5.53. The lowest BCUT2D eigenvalue weighted by molar-refractivity contribution is 0.269. The van der Waals surface area contributed by atoms with Gasteiger partial charge in [-0.1, -0.05) is 24.4 Å². The molecular formula is C16H26ClN3O. The number of aromatic nitrogens is 2. The molecule has 2 saturated heterocycles. The van der Waals surface area contributed by atoms with Gasteiger partial charge in [-0.25, -0.2) is 0 Å². The highest BCUT2D eigenvalue weighted by Crippen LogP contribution is 2.34. The smallest absolute Gasteiger partial charge is 0.226 e. The Labute approximate surface area is 132 Å². The van der Waals surface area contributed by atoms with Gasteiger partial charge in [0.25, 0.3) is 0 Å². The first-order valence-electron chi connectivity index (χ1n) is 8.45. The molecule has 1 aliphatic carbocycles. The minimum absolute atomic E-state index is 0. The average molecular weight is 312 g/mol. The van der Waals surface area contributed by atoms with E-state index in [1.807, 2.05) is 0 Å². The summed E-state index contributed by atoms with van der Waals surface area (Å²) in [7, 11) is 0. The van der Waals surface area contributed by atoms with Crippen LogP contribution < -0.4 is 5.32 Å². The van der Waals surface area contributed by atoms with Crippen LogP contribution >= 0.6 is 12.4 Å². The maximum Gasteiger partial charge on any atom is 0.226 e. The molecule has 4 rings (SSSR count). The molecule has 21 heavy (non-hydrogen) atoms. The van der Waals surface area contributed by atoms with Crippen molar-refractivity contribution in [2.75, 3.05) is 0 Å². The second-order valence-electron chi connectivity index (χ2n) is 7.06. The zero-order chi connectivity index (χ0) is 13.4. The van der Waals surface area contributed by atoms with Gasteiger partial charge < -0.3 is 9.84 Å². The van der Waals surface area contributed by atoms with Crippen molar-refractivity contribution >= 4 is 12.4 Å². The van der Waals surface area contributed by atoms with Crippen LogP contribution in [-0.2, 0) is 6.42 Å². The topological polar surface area (TPSA) is 51.0 Å². The van der Waals surface area contributed by atoms with Crippen molar-refractivity contribution < 1.29 is 4.52 Å². The molecular weight excluding hydrogens is 286 g/mol. The minimum atomic E-state index is 0. The molecule has 3 aliphatic rings. The van der Waals surface area contributed by atoms with E-state index in [0.29, 0.717) is 5.92 Å². The van der Waals surface area contributed by atoms with Crippen LogP contribution in [0.15, 0.2) is 4.52 Å². The summed E-state index contributed by atoms with van der Waals surface area (Å²) in [5, 5.41) is 7.95. The van der Waals surface area contributed by atoms with E-state index < -0.39 is 0 Å². The van der Waals surface area contributed by atoms with Crippen molar-refractivity contribution in [3.05, 3.63) is 11.7 Å². The average Bonchev–Trinajstić information content (AvgIpc) is 3.07. The number of piperidine rings is 1. The molecule has 2 unspecified atom stereocenters. The van der Waals surface area contributed by atoms with Crippen molar-refractivity contribution in [2.45, 2.75) is 82.2 Å². The molecule has 1 aromatic rings. The summed E-state index contributed by atoms with van der Waals surface area (Å²) in [4.78, 5) is 4.70. The number of hydrogen-bond acceptors (Lipinski definition) is 4. The van der Waals surface area contributed by atoms with Crippen molar-refractivity contribution in [3.63, 3.8) is 0 Å². The first-order valence-corrected chi connectivity index (χ1v) is 8.45. The molecule has 0 radical (unpaired) electrons. The van der Waals surface area contributed by atoms with E-state index in [-0.39, 0.29) is 12.4 Å². The third-order valence-corrected chi connectivity index (χ3v) is 5.49. The van der Waals surface area contributed by atoms with Gasteiger partial charge in [0.15, 0.2) is 5.82 Å². The van der Waals surface area contributed by atoms with E-state index in [4.69, 9.17) is 9.51 Å². The number of fused-ring (bicyclic) bond motifs is 2. The van der Waals surface area contributed by atoms with Crippen LogP contribution in [0, 0.1) is 5.92 Å². The van der Waals surface area contributed by atoms with Crippen molar-refractivity contribution in [3.8, 4) is 0 Å². The molecule has 5 heteroatoms. The fourth-order valence-corrected chi connectivity index (χ4v) is 4.47. The zero-order valence-corrected chi connectivity index (χ0v) is 13.4. The molecule has 0 aromatic carbocycles. The van der Waals surface area contributed by atoms with E-state index in [9.17, 15) is 0 Å². The molecule has 4 nitrogen and oxygen atoms in total. The van der Waals surface area contributed by atoms with Crippen LogP contribution in [0.4, 0.5) is 0 Å². The number of hydrogen-bond donors (Lipinski definition) is 1. The van der Waals surface area contributed by atoms with Gasteiger partial charge in [0.2, 0.25) is 5.89 Å². The minimum Gasteiger partial charge on any atom is -0.339 e. The Morgan fingerprint density at radius 2 is 1.71 bits per heavy atom. The van der Waals surface area contributed by atoms with Crippen molar-refractivity contribution in [1.82, 2.24) is 15.5 Å². The van der Waals surface area contributed by atoms with Crippen LogP contribution in [-0.4, -0.2) is 22.2 Å². The second kappa shape index (κ2) is 6.66. The molecule has 118 valence electrons. The van der Waals surface area contributed by atoms with Gasteiger partial charge in [0, 0.05) is 24.4 Å². The Kier molecular flexibility index (Phi) is 4.85. The molecule has 3 fully saturated rings. The largest absolute Gasteiger partial charge is 0.339 e. The zero-order valence-electron chi connectivity index (χ0n) is 12.6. The van der Waals surface area contributed by atoms with E-state index in [1.54, 1.807) is 0 Å². The maximum atomic E-state index is 5.53. The third kappa shape index (κ3) is 3.42. The predicted molar refractivity (Wildman–Crippen MR) is 83.7 cm³/mol. The van der Waals surface area contributed by atoms with Crippen LogP contribution in [0.2, 0.25) is 0 Å². The van der Waals surface area contributed by atoms with Gasteiger partial charge >= 0.3 is 0 Å². The number of nitrogens with one attached hydrogen (secondary N) is 1. The van der Waals surface area contributed by atoms with Gasteiger partial charge in [-0.3, -0.25) is 0 Å². The highest BCUT2D eigenvalue weighted by atomic mass is 35.5. The highest BCUT2D eigenvalue weighted by Gasteiger charge is 2.34. The first-order chi connectivity index (χ1) is 9.87. The van der Waals surface area contributed by atoms with E-state index in [2.05, 4.69) is 10.5 Å². The molecule has 3 heterocycles. The van der Waals surface area contributed by atoms with E-state index in [0.717, 1.165) is 36.1 Å². The summed E-state index contributed by atoms with van der Waals surface area (Å²) in [6.07, 6.45) is 12.8. The third-order valence-electron chi connectivity index (χ3n) is 5.49. The molecule has 0 amide bonds. The molecule has 1 saturated carbocycles. The van der Waals surface area contributed by atoms with E-state index in [1.165, 1.54) is 57.8 Å². The number of nitrogens with zero attached hydrogens (tertiary/aromatic N) is 2. The summed E-state index contributed by atoms with van der Waals surface area (Å²) in [5.41, 5.74) is 0.